The van der Waals surface area contributed by atoms with E-state index in [4.69, 9.17) is 14.5 Å². The lowest BCUT2D eigenvalue weighted by atomic mass is 10.4. The van der Waals surface area contributed by atoms with E-state index in [9.17, 15) is 4.57 Å². The predicted molar refractivity (Wildman–Crippen MR) is 74.8 cm³/mol. The Morgan fingerprint density at radius 3 is 2.90 bits per heavy atom. The molecular formula is C11H16N5O4P. The highest BCUT2D eigenvalue weighted by Crippen LogP contribution is 2.33. The Morgan fingerprint density at radius 2 is 2.19 bits per heavy atom. The molecule has 0 aromatic carbocycles. The zero-order valence-corrected chi connectivity index (χ0v) is 12.1. The van der Waals surface area contributed by atoms with Gasteiger partial charge in [-0.15, -0.1) is 0 Å². The van der Waals surface area contributed by atoms with E-state index in [-0.39, 0.29) is 6.61 Å². The number of ether oxygens (including phenoxy) is 1. The molecule has 1 aliphatic rings. The number of fused-ring (bicyclic) bond motifs is 1. The topological polar surface area (TPSA) is 122 Å². The predicted octanol–water partition coefficient (Wildman–Crippen LogP) is 0.552. The normalized spacial score (nSPS) is 15.5. The summed E-state index contributed by atoms with van der Waals surface area (Å²) in [5.41, 5.74) is 1.37. The molecule has 3 rings (SSSR count). The highest BCUT2D eigenvalue weighted by molar-refractivity contribution is 7.51. The van der Waals surface area contributed by atoms with Gasteiger partial charge < -0.3 is 24.4 Å². The Balaban J connectivity index is 1.71. The average molecular weight is 313 g/mol. The van der Waals surface area contributed by atoms with Crippen molar-refractivity contribution in [3.05, 3.63) is 12.7 Å². The molecule has 2 aromatic heterocycles. The number of imidazole rings is 1. The Kier molecular flexibility index (Phi) is 3.90. The standard InChI is InChI=1S/C11H16N5O4P/c17-21(18,19)7-20-4-3-16-6-14-10-9(16)11(13-5-12-10)15-8-1-2-8/h5-6,8H,1-4,7H2,(H,12,13,15)(H2,17,18,19). The second-order valence-corrected chi connectivity index (χ2v) is 6.54. The lowest BCUT2D eigenvalue weighted by Crippen LogP contribution is -2.09. The second kappa shape index (κ2) is 5.69. The largest absolute Gasteiger partial charge is 0.367 e. The lowest BCUT2D eigenvalue weighted by Gasteiger charge is -2.09. The zero-order valence-electron chi connectivity index (χ0n) is 11.2. The van der Waals surface area contributed by atoms with E-state index in [1.807, 2.05) is 4.57 Å². The van der Waals surface area contributed by atoms with Gasteiger partial charge in [-0.25, -0.2) is 15.0 Å². The minimum Gasteiger partial charge on any atom is -0.367 e. The maximum atomic E-state index is 10.7. The smallest absolute Gasteiger partial charge is 0.350 e. The van der Waals surface area contributed by atoms with E-state index >= 15 is 0 Å². The third-order valence-electron chi connectivity index (χ3n) is 3.06. The first-order valence-electron chi connectivity index (χ1n) is 6.57. The van der Waals surface area contributed by atoms with Crippen LogP contribution >= 0.6 is 7.60 Å². The maximum absolute atomic E-state index is 10.7. The quantitative estimate of drug-likeness (QED) is 0.500. The van der Waals surface area contributed by atoms with Crippen LogP contribution in [0.1, 0.15) is 12.8 Å². The fourth-order valence-electron chi connectivity index (χ4n) is 1.95. The van der Waals surface area contributed by atoms with Crippen LogP contribution < -0.4 is 5.32 Å². The molecule has 10 heteroatoms. The molecule has 21 heavy (non-hydrogen) atoms. The minimum absolute atomic E-state index is 0.175. The van der Waals surface area contributed by atoms with Crippen LogP contribution in [-0.2, 0) is 15.8 Å². The molecule has 0 saturated heterocycles. The summed E-state index contributed by atoms with van der Waals surface area (Å²) in [5, 5.41) is 3.32. The SMILES string of the molecule is O=P(O)(O)COCCn1cnc2ncnc(NC3CC3)c21. The van der Waals surface area contributed by atoms with Gasteiger partial charge in [0.1, 0.15) is 18.2 Å². The lowest BCUT2D eigenvalue weighted by molar-refractivity contribution is 0.149. The van der Waals surface area contributed by atoms with Crippen LogP contribution in [0.15, 0.2) is 12.7 Å². The third-order valence-corrected chi connectivity index (χ3v) is 3.58. The van der Waals surface area contributed by atoms with Crippen LogP contribution in [0, 0.1) is 0 Å². The van der Waals surface area contributed by atoms with Crippen LogP contribution in [0.25, 0.3) is 11.2 Å². The summed E-state index contributed by atoms with van der Waals surface area (Å²) in [5.74, 6) is 0.731. The fraction of sp³-hybridized carbons (Fsp3) is 0.545. The van der Waals surface area contributed by atoms with E-state index < -0.39 is 13.9 Å². The third kappa shape index (κ3) is 3.76. The van der Waals surface area contributed by atoms with Crippen molar-refractivity contribution < 1.29 is 19.1 Å². The monoisotopic (exact) mass is 313 g/mol. The fourth-order valence-corrected chi connectivity index (χ4v) is 2.32. The first kappa shape index (κ1) is 14.4. The Labute approximate surface area is 120 Å². The molecule has 1 saturated carbocycles. The molecule has 0 radical (unpaired) electrons. The summed E-state index contributed by atoms with van der Waals surface area (Å²) in [6.45, 7) is 0.595. The molecule has 3 N–H and O–H groups in total. The van der Waals surface area contributed by atoms with Gasteiger partial charge >= 0.3 is 7.60 Å². The van der Waals surface area contributed by atoms with Gasteiger partial charge in [-0.1, -0.05) is 0 Å². The molecule has 1 aliphatic carbocycles. The van der Waals surface area contributed by atoms with Crippen molar-refractivity contribution >= 4 is 24.6 Å². The van der Waals surface area contributed by atoms with E-state index in [1.165, 1.54) is 6.33 Å². The van der Waals surface area contributed by atoms with Crippen LogP contribution in [0.3, 0.4) is 0 Å². The summed E-state index contributed by atoms with van der Waals surface area (Å²) < 4.78 is 17.5. The van der Waals surface area contributed by atoms with Crippen molar-refractivity contribution in [2.24, 2.45) is 0 Å². The van der Waals surface area contributed by atoms with Gasteiger partial charge in [-0.2, -0.15) is 0 Å². The number of aromatic nitrogens is 4. The van der Waals surface area contributed by atoms with Crippen molar-refractivity contribution in [1.29, 1.82) is 0 Å². The van der Waals surface area contributed by atoms with Gasteiger partial charge in [0.25, 0.3) is 0 Å². The summed E-state index contributed by atoms with van der Waals surface area (Å²) in [7, 11) is -4.12. The van der Waals surface area contributed by atoms with Crippen molar-refractivity contribution in [2.45, 2.75) is 25.4 Å². The van der Waals surface area contributed by atoms with Crippen LogP contribution in [-0.4, -0.2) is 48.3 Å². The minimum atomic E-state index is -4.12. The molecule has 0 spiro atoms. The van der Waals surface area contributed by atoms with Gasteiger partial charge in [0, 0.05) is 12.6 Å². The van der Waals surface area contributed by atoms with Crippen LogP contribution in [0.4, 0.5) is 5.82 Å². The van der Waals surface area contributed by atoms with Crippen LogP contribution in [0.2, 0.25) is 0 Å². The van der Waals surface area contributed by atoms with E-state index in [1.54, 1.807) is 6.33 Å². The van der Waals surface area contributed by atoms with Crippen molar-refractivity contribution in [1.82, 2.24) is 19.5 Å². The van der Waals surface area contributed by atoms with Crippen LogP contribution in [0.5, 0.6) is 0 Å². The molecule has 1 fully saturated rings. The molecule has 0 unspecified atom stereocenters. The molecule has 2 heterocycles. The molecule has 0 amide bonds. The summed E-state index contributed by atoms with van der Waals surface area (Å²) in [4.78, 5) is 30.0. The molecule has 0 aliphatic heterocycles. The first-order valence-corrected chi connectivity index (χ1v) is 8.37. The highest BCUT2D eigenvalue weighted by Gasteiger charge is 2.23. The number of nitrogens with one attached hydrogen (secondary N) is 1. The summed E-state index contributed by atoms with van der Waals surface area (Å²) >= 11 is 0. The first-order chi connectivity index (χ1) is 10.0. The molecule has 9 nitrogen and oxygen atoms in total. The highest BCUT2D eigenvalue weighted by atomic mass is 31.2. The van der Waals surface area contributed by atoms with Gasteiger partial charge in [-0.05, 0) is 12.8 Å². The van der Waals surface area contributed by atoms with Crippen molar-refractivity contribution in [3.63, 3.8) is 0 Å². The Hall–Kier alpha value is -1.54. The summed E-state index contributed by atoms with van der Waals surface area (Å²) in [6.07, 6.45) is 4.77. The second-order valence-electron chi connectivity index (χ2n) is 4.95. The van der Waals surface area contributed by atoms with Crippen molar-refractivity contribution in [2.75, 3.05) is 18.3 Å². The van der Waals surface area contributed by atoms with Gasteiger partial charge in [0.05, 0.1) is 12.9 Å². The Bertz CT molecular complexity index is 680. The number of hydrogen-bond donors (Lipinski definition) is 3. The van der Waals surface area contributed by atoms with Gasteiger partial charge in [-0.3, -0.25) is 4.57 Å². The van der Waals surface area contributed by atoms with Gasteiger partial charge in [0.2, 0.25) is 0 Å². The number of rotatable bonds is 7. The Morgan fingerprint density at radius 1 is 1.38 bits per heavy atom. The molecule has 2 aromatic rings. The zero-order chi connectivity index (χ0) is 14.9. The van der Waals surface area contributed by atoms with Gasteiger partial charge in [0.15, 0.2) is 11.5 Å². The number of hydrogen-bond acceptors (Lipinski definition) is 6. The number of anilines is 1. The van der Waals surface area contributed by atoms with E-state index in [0.29, 0.717) is 18.2 Å². The summed E-state index contributed by atoms with van der Waals surface area (Å²) in [6, 6.07) is 0.456. The van der Waals surface area contributed by atoms with E-state index in [2.05, 4.69) is 20.3 Å². The van der Waals surface area contributed by atoms with Crippen molar-refractivity contribution in [3.8, 4) is 0 Å². The molecule has 114 valence electrons. The molecule has 0 bridgehead atoms. The molecule has 0 atom stereocenters. The maximum Gasteiger partial charge on any atom is 0.350 e. The molecular weight excluding hydrogens is 297 g/mol. The van der Waals surface area contributed by atoms with E-state index in [0.717, 1.165) is 24.2 Å². The number of nitrogens with zero attached hydrogens (tertiary/aromatic N) is 4. The average Bonchev–Trinajstić information content (AvgIpc) is 3.13.